The number of halogens is 2. The average molecular weight is 507 g/mol. The zero-order valence-corrected chi connectivity index (χ0v) is 20.3. The summed E-state index contributed by atoms with van der Waals surface area (Å²) in [5.74, 6) is 0.0582. The second kappa shape index (κ2) is 11.4. The van der Waals surface area contributed by atoms with E-state index < -0.39 is 10.0 Å². The van der Waals surface area contributed by atoms with Crippen LogP contribution in [-0.2, 0) is 21.2 Å². The third-order valence-corrected chi connectivity index (χ3v) is 6.87. The second-order valence-corrected chi connectivity index (χ2v) is 9.84. The summed E-state index contributed by atoms with van der Waals surface area (Å²) in [5, 5.41) is 3.35. The first-order valence-corrected chi connectivity index (χ1v) is 12.6. The van der Waals surface area contributed by atoms with Crippen molar-refractivity contribution >= 4 is 50.5 Å². The number of unbranched alkanes of at least 4 members (excludes halogenated alkanes) is 1. The quantitative estimate of drug-likeness (QED) is 0.345. The standard InChI is InChI=1S/C24H24Cl2N2O4S/c1-2-3-4-17-5-7-18(8-6-17)27-24(29)16-32-20-10-12-21(13-11-20)33(30,31)28-19-9-14-22(25)23(26)15-19/h5-15,28H,2-4,16H2,1H3,(H,27,29). The minimum atomic E-state index is -3.83. The Morgan fingerprint density at radius 3 is 2.21 bits per heavy atom. The van der Waals surface area contributed by atoms with E-state index in [9.17, 15) is 13.2 Å². The third kappa shape index (κ3) is 7.39. The summed E-state index contributed by atoms with van der Waals surface area (Å²) in [6, 6.07) is 17.9. The summed E-state index contributed by atoms with van der Waals surface area (Å²) in [6.45, 7) is 1.95. The van der Waals surface area contributed by atoms with Crippen LogP contribution in [0.15, 0.2) is 71.6 Å². The molecule has 0 aromatic heterocycles. The van der Waals surface area contributed by atoms with E-state index in [0.29, 0.717) is 22.1 Å². The fourth-order valence-electron chi connectivity index (χ4n) is 2.97. The van der Waals surface area contributed by atoms with Crippen LogP contribution in [-0.4, -0.2) is 20.9 Å². The predicted octanol–water partition coefficient (Wildman–Crippen LogP) is 6.15. The summed E-state index contributed by atoms with van der Waals surface area (Å²) >= 11 is 11.8. The van der Waals surface area contributed by atoms with Crippen LogP contribution < -0.4 is 14.8 Å². The Hall–Kier alpha value is -2.74. The van der Waals surface area contributed by atoms with Crippen LogP contribution in [0.4, 0.5) is 11.4 Å². The maximum atomic E-state index is 12.6. The molecule has 0 aliphatic heterocycles. The van der Waals surface area contributed by atoms with Gasteiger partial charge in [0, 0.05) is 5.69 Å². The monoisotopic (exact) mass is 506 g/mol. The van der Waals surface area contributed by atoms with Crippen molar-refractivity contribution in [2.75, 3.05) is 16.6 Å². The number of aryl methyl sites for hydroxylation is 1. The molecule has 1 amide bonds. The zero-order valence-electron chi connectivity index (χ0n) is 18.0. The topological polar surface area (TPSA) is 84.5 Å². The first-order chi connectivity index (χ1) is 15.8. The van der Waals surface area contributed by atoms with Crippen molar-refractivity contribution in [2.45, 2.75) is 31.1 Å². The Bertz CT molecular complexity index is 1200. The number of carbonyl (C=O) groups excluding carboxylic acids is 1. The van der Waals surface area contributed by atoms with Gasteiger partial charge < -0.3 is 10.1 Å². The SMILES string of the molecule is CCCCc1ccc(NC(=O)COc2ccc(S(=O)(=O)Nc3ccc(Cl)c(Cl)c3)cc2)cc1. The maximum absolute atomic E-state index is 12.6. The highest BCUT2D eigenvalue weighted by Gasteiger charge is 2.15. The number of anilines is 2. The van der Waals surface area contributed by atoms with Gasteiger partial charge in [-0.2, -0.15) is 0 Å². The molecule has 0 radical (unpaired) electrons. The molecule has 2 N–H and O–H groups in total. The molecule has 3 rings (SSSR count). The molecule has 0 atom stereocenters. The van der Waals surface area contributed by atoms with E-state index in [1.165, 1.54) is 48.0 Å². The smallest absolute Gasteiger partial charge is 0.262 e. The number of benzene rings is 3. The van der Waals surface area contributed by atoms with E-state index >= 15 is 0 Å². The van der Waals surface area contributed by atoms with Gasteiger partial charge in [-0.05, 0) is 73.0 Å². The number of carbonyl (C=O) groups is 1. The summed E-state index contributed by atoms with van der Waals surface area (Å²) < 4.78 is 33.0. The summed E-state index contributed by atoms with van der Waals surface area (Å²) in [7, 11) is -3.83. The Morgan fingerprint density at radius 1 is 0.909 bits per heavy atom. The lowest BCUT2D eigenvalue weighted by Crippen LogP contribution is -2.20. The van der Waals surface area contributed by atoms with Crippen molar-refractivity contribution < 1.29 is 17.9 Å². The largest absolute Gasteiger partial charge is 0.484 e. The van der Waals surface area contributed by atoms with Crippen LogP contribution in [0.1, 0.15) is 25.3 Å². The molecule has 0 unspecified atom stereocenters. The highest BCUT2D eigenvalue weighted by atomic mass is 35.5. The Balaban J connectivity index is 1.53. The van der Waals surface area contributed by atoms with E-state index in [1.807, 2.05) is 24.3 Å². The number of nitrogens with one attached hydrogen (secondary N) is 2. The van der Waals surface area contributed by atoms with E-state index in [1.54, 1.807) is 0 Å². The van der Waals surface area contributed by atoms with Crippen molar-refractivity contribution in [1.82, 2.24) is 0 Å². The van der Waals surface area contributed by atoms with E-state index in [0.717, 1.165) is 19.3 Å². The van der Waals surface area contributed by atoms with Crippen molar-refractivity contribution in [2.24, 2.45) is 0 Å². The fourth-order valence-corrected chi connectivity index (χ4v) is 4.32. The molecule has 0 bridgehead atoms. The molecule has 3 aromatic carbocycles. The normalized spacial score (nSPS) is 11.1. The molecule has 174 valence electrons. The Labute approximate surface area is 203 Å². The van der Waals surface area contributed by atoms with Crippen molar-refractivity contribution in [3.8, 4) is 5.75 Å². The minimum absolute atomic E-state index is 0.0357. The lowest BCUT2D eigenvalue weighted by Gasteiger charge is -2.11. The van der Waals surface area contributed by atoms with Gasteiger partial charge in [0.05, 0.1) is 20.6 Å². The van der Waals surface area contributed by atoms with Crippen LogP contribution in [0.25, 0.3) is 0 Å². The molecule has 0 aliphatic carbocycles. The molecule has 0 fully saturated rings. The van der Waals surface area contributed by atoms with Crippen LogP contribution in [0.3, 0.4) is 0 Å². The van der Waals surface area contributed by atoms with Crippen molar-refractivity contribution in [3.63, 3.8) is 0 Å². The summed E-state index contributed by atoms with van der Waals surface area (Å²) in [5.41, 5.74) is 2.22. The van der Waals surface area contributed by atoms with Gasteiger partial charge in [-0.15, -0.1) is 0 Å². The molecule has 0 spiro atoms. The Kier molecular flexibility index (Phi) is 8.61. The number of sulfonamides is 1. The van der Waals surface area contributed by atoms with Gasteiger partial charge in [-0.1, -0.05) is 48.7 Å². The van der Waals surface area contributed by atoms with Crippen LogP contribution in [0, 0.1) is 0 Å². The molecule has 0 aliphatic rings. The third-order valence-electron chi connectivity index (χ3n) is 4.73. The highest BCUT2D eigenvalue weighted by Crippen LogP contribution is 2.27. The zero-order chi connectivity index (χ0) is 23.8. The number of rotatable bonds is 10. The molecule has 3 aromatic rings. The molecule has 0 saturated carbocycles. The van der Waals surface area contributed by atoms with E-state index in [2.05, 4.69) is 17.0 Å². The molecule has 33 heavy (non-hydrogen) atoms. The van der Waals surface area contributed by atoms with Crippen LogP contribution in [0.5, 0.6) is 5.75 Å². The minimum Gasteiger partial charge on any atom is -0.484 e. The highest BCUT2D eigenvalue weighted by molar-refractivity contribution is 7.92. The molecule has 9 heteroatoms. The maximum Gasteiger partial charge on any atom is 0.262 e. The Morgan fingerprint density at radius 2 is 1.58 bits per heavy atom. The van der Waals surface area contributed by atoms with E-state index in [4.69, 9.17) is 27.9 Å². The van der Waals surface area contributed by atoms with E-state index in [-0.39, 0.29) is 22.4 Å². The fraction of sp³-hybridized carbons (Fsp3) is 0.208. The molecule has 0 heterocycles. The lowest BCUT2D eigenvalue weighted by atomic mass is 10.1. The van der Waals surface area contributed by atoms with Gasteiger partial charge >= 0.3 is 0 Å². The predicted molar refractivity (Wildman–Crippen MR) is 133 cm³/mol. The van der Waals surface area contributed by atoms with Gasteiger partial charge in [0.15, 0.2) is 6.61 Å². The molecular formula is C24H24Cl2N2O4S. The molecular weight excluding hydrogens is 483 g/mol. The summed E-state index contributed by atoms with van der Waals surface area (Å²) in [4.78, 5) is 12.2. The van der Waals surface area contributed by atoms with Crippen molar-refractivity contribution in [3.05, 3.63) is 82.3 Å². The number of hydrogen-bond acceptors (Lipinski definition) is 4. The number of hydrogen-bond donors (Lipinski definition) is 2. The van der Waals surface area contributed by atoms with Crippen LogP contribution in [0.2, 0.25) is 10.0 Å². The summed E-state index contributed by atoms with van der Waals surface area (Å²) in [6.07, 6.45) is 3.28. The first kappa shape index (κ1) is 24.9. The first-order valence-electron chi connectivity index (χ1n) is 10.4. The second-order valence-electron chi connectivity index (χ2n) is 7.34. The van der Waals surface area contributed by atoms with Gasteiger partial charge in [0.25, 0.3) is 15.9 Å². The van der Waals surface area contributed by atoms with Crippen LogP contribution >= 0.6 is 23.2 Å². The lowest BCUT2D eigenvalue weighted by molar-refractivity contribution is -0.118. The number of ether oxygens (including phenoxy) is 1. The van der Waals surface area contributed by atoms with Gasteiger partial charge in [-0.25, -0.2) is 8.42 Å². The van der Waals surface area contributed by atoms with Crippen molar-refractivity contribution in [1.29, 1.82) is 0 Å². The number of amides is 1. The van der Waals surface area contributed by atoms with Gasteiger partial charge in [0.1, 0.15) is 5.75 Å². The molecule has 0 saturated heterocycles. The van der Waals surface area contributed by atoms with Gasteiger partial charge in [-0.3, -0.25) is 9.52 Å². The van der Waals surface area contributed by atoms with Gasteiger partial charge in [0.2, 0.25) is 0 Å². The molecule has 6 nitrogen and oxygen atoms in total. The average Bonchev–Trinajstić information content (AvgIpc) is 2.80.